The highest BCUT2D eigenvalue weighted by molar-refractivity contribution is 9.10. The molecule has 1 N–H and O–H groups in total. The molecule has 1 heterocycles. The number of piperazine rings is 1. The summed E-state index contributed by atoms with van der Waals surface area (Å²) in [5.74, 6) is 0.657. The number of nitrogens with zero attached hydrogens (tertiary/aromatic N) is 1. The Balaban J connectivity index is 2.30. The zero-order valence-corrected chi connectivity index (χ0v) is 14.0. The number of anilines is 1. The third-order valence-electron chi connectivity index (χ3n) is 4.05. The van der Waals surface area contributed by atoms with Crippen molar-refractivity contribution < 1.29 is 0 Å². The van der Waals surface area contributed by atoms with Crippen LogP contribution in [0.3, 0.4) is 0 Å². The van der Waals surface area contributed by atoms with Crippen LogP contribution in [0.1, 0.15) is 32.8 Å². The fourth-order valence-electron chi connectivity index (χ4n) is 2.88. The van der Waals surface area contributed by atoms with Crippen LogP contribution in [0.2, 0.25) is 0 Å². The number of benzene rings is 1. The van der Waals surface area contributed by atoms with Crippen molar-refractivity contribution in [3.8, 4) is 0 Å². The van der Waals surface area contributed by atoms with Crippen LogP contribution in [0.15, 0.2) is 22.7 Å². The van der Waals surface area contributed by atoms with Gasteiger partial charge in [-0.25, -0.2) is 0 Å². The fourth-order valence-corrected chi connectivity index (χ4v) is 3.48. The molecule has 2 unspecified atom stereocenters. The molecule has 1 saturated heterocycles. The number of rotatable bonds is 3. The molecule has 1 aliphatic heterocycles. The lowest BCUT2D eigenvalue weighted by molar-refractivity contribution is 0.333. The minimum absolute atomic E-state index is 0.580. The van der Waals surface area contributed by atoms with Gasteiger partial charge in [0, 0.05) is 35.3 Å². The lowest BCUT2D eigenvalue weighted by Gasteiger charge is -2.44. The summed E-state index contributed by atoms with van der Waals surface area (Å²) in [5, 5.41) is 3.68. The molecule has 2 atom stereocenters. The van der Waals surface area contributed by atoms with Crippen LogP contribution in [0.4, 0.5) is 5.69 Å². The highest BCUT2D eigenvalue weighted by Crippen LogP contribution is 2.28. The molecule has 1 fully saturated rings. The standard InChI is InChI=1S/C16H25BrN2/c1-5-14-10-19(16(9-18-14)11(2)3)15-7-12(4)6-13(17)8-15/h6-8,11,14,16,18H,5,9-10H2,1-4H3. The summed E-state index contributed by atoms with van der Waals surface area (Å²) in [7, 11) is 0. The Morgan fingerprint density at radius 2 is 2.11 bits per heavy atom. The van der Waals surface area contributed by atoms with Gasteiger partial charge in [-0.05, 0) is 43.0 Å². The molecule has 2 rings (SSSR count). The largest absolute Gasteiger partial charge is 0.365 e. The molecule has 0 aromatic heterocycles. The van der Waals surface area contributed by atoms with Crippen molar-refractivity contribution in [2.24, 2.45) is 5.92 Å². The normalized spacial score (nSPS) is 24.0. The van der Waals surface area contributed by atoms with Crippen molar-refractivity contribution in [1.82, 2.24) is 5.32 Å². The van der Waals surface area contributed by atoms with Gasteiger partial charge in [-0.1, -0.05) is 36.7 Å². The Morgan fingerprint density at radius 3 is 2.68 bits per heavy atom. The number of hydrogen-bond acceptors (Lipinski definition) is 2. The van der Waals surface area contributed by atoms with Crippen molar-refractivity contribution >= 4 is 21.6 Å². The SMILES string of the molecule is CCC1CN(c2cc(C)cc(Br)c2)C(C(C)C)CN1. The third kappa shape index (κ3) is 3.51. The van der Waals surface area contributed by atoms with Crippen molar-refractivity contribution in [2.45, 2.75) is 46.2 Å². The van der Waals surface area contributed by atoms with Crippen molar-refractivity contribution in [1.29, 1.82) is 0 Å². The van der Waals surface area contributed by atoms with E-state index in [1.54, 1.807) is 0 Å². The molecule has 3 heteroatoms. The third-order valence-corrected chi connectivity index (χ3v) is 4.51. The van der Waals surface area contributed by atoms with Crippen LogP contribution in [0.5, 0.6) is 0 Å². The lowest BCUT2D eigenvalue weighted by atomic mass is 9.96. The van der Waals surface area contributed by atoms with E-state index in [0.29, 0.717) is 18.0 Å². The molecule has 1 aromatic carbocycles. The van der Waals surface area contributed by atoms with Crippen LogP contribution < -0.4 is 10.2 Å². The molecule has 0 radical (unpaired) electrons. The minimum atomic E-state index is 0.580. The van der Waals surface area contributed by atoms with Gasteiger partial charge in [0.2, 0.25) is 0 Å². The van der Waals surface area contributed by atoms with Gasteiger partial charge < -0.3 is 10.2 Å². The van der Waals surface area contributed by atoms with Gasteiger partial charge in [0.05, 0.1) is 0 Å². The van der Waals surface area contributed by atoms with Crippen LogP contribution >= 0.6 is 15.9 Å². The second-order valence-corrected chi connectivity index (χ2v) is 6.88. The van der Waals surface area contributed by atoms with Crippen LogP contribution in [-0.2, 0) is 0 Å². The first kappa shape index (κ1) is 14.9. The Hall–Kier alpha value is -0.540. The summed E-state index contributed by atoms with van der Waals surface area (Å²) >= 11 is 3.63. The van der Waals surface area contributed by atoms with E-state index in [1.807, 2.05) is 0 Å². The first-order valence-corrected chi connectivity index (χ1v) is 8.07. The molecule has 1 aliphatic rings. The molecule has 0 spiro atoms. The van der Waals surface area contributed by atoms with E-state index >= 15 is 0 Å². The number of hydrogen-bond donors (Lipinski definition) is 1. The smallest absolute Gasteiger partial charge is 0.0438 e. The van der Waals surface area contributed by atoms with E-state index < -0.39 is 0 Å². The maximum absolute atomic E-state index is 3.68. The molecule has 2 nitrogen and oxygen atoms in total. The van der Waals surface area contributed by atoms with Gasteiger partial charge >= 0.3 is 0 Å². The van der Waals surface area contributed by atoms with E-state index in [2.05, 4.69) is 72.0 Å². The fraction of sp³-hybridized carbons (Fsp3) is 0.625. The highest BCUT2D eigenvalue weighted by atomic mass is 79.9. The van der Waals surface area contributed by atoms with E-state index in [9.17, 15) is 0 Å². The molecule has 1 aromatic rings. The molecule has 19 heavy (non-hydrogen) atoms. The van der Waals surface area contributed by atoms with E-state index in [0.717, 1.165) is 13.1 Å². The highest BCUT2D eigenvalue weighted by Gasteiger charge is 2.29. The minimum Gasteiger partial charge on any atom is -0.365 e. The summed E-state index contributed by atoms with van der Waals surface area (Å²) in [6.07, 6.45) is 1.19. The number of aryl methyl sites for hydroxylation is 1. The zero-order chi connectivity index (χ0) is 14.0. The summed E-state index contributed by atoms with van der Waals surface area (Å²) in [5.41, 5.74) is 2.67. The molecular formula is C16H25BrN2. The van der Waals surface area contributed by atoms with E-state index in [-0.39, 0.29) is 0 Å². The summed E-state index contributed by atoms with van der Waals surface area (Å²) in [4.78, 5) is 2.59. The van der Waals surface area contributed by atoms with Gasteiger partial charge in [-0.2, -0.15) is 0 Å². The van der Waals surface area contributed by atoms with Crippen LogP contribution in [0.25, 0.3) is 0 Å². The summed E-state index contributed by atoms with van der Waals surface area (Å²) in [6, 6.07) is 7.91. The van der Waals surface area contributed by atoms with E-state index in [4.69, 9.17) is 0 Å². The Bertz CT molecular complexity index is 411. The Morgan fingerprint density at radius 1 is 1.37 bits per heavy atom. The van der Waals surface area contributed by atoms with Gasteiger partial charge in [0.1, 0.15) is 0 Å². The number of nitrogens with one attached hydrogen (secondary N) is 1. The molecule has 0 amide bonds. The average Bonchev–Trinajstić information content (AvgIpc) is 2.36. The lowest BCUT2D eigenvalue weighted by Crippen LogP contribution is -2.58. The second-order valence-electron chi connectivity index (χ2n) is 5.96. The summed E-state index contributed by atoms with van der Waals surface area (Å²) in [6.45, 7) is 11.2. The second kappa shape index (κ2) is 6.27. The van der Waals surface area contributed by atoms with Gasteiger partial charge in [-0.15, -0.1) is 0 Å². The van der Waals surface area contributed by atoms with Crippen molar-refractivity contribution in [3.05, 3.63) is 28.2 Å². The Kier molecular flexibility index (Phi) is 4.91. The Labute approximate surface area is 125 Å². The quantitative estimate of drug-likeness (QED) is 0.905. The average molecular weight is 325 g/mol. The zero-order valence-electron chi connectivity index (χ0n) is 12.4. The predicted molar refractivity (Wildman–Crippen MR) is 86.9 cm³/mol. The van der Waals surface area contributed by atoms with Gasteiger partial charge in [-0.3, -0.25) is 0 Å². The molecule has 106 valence electrons. The molecule has 0 bridgehead atoms. The topological polar surface area (TPSA) is 15.3 Å². The van der Waals surface area contributed by atoms with Gasteiger partial charge in [0.25, 0.3) is 0 Å². The molecular weight excluding hydrogens is 300 g/mol. The predicted octanol–water partition coefficient (Wildman–Crippen LogP) is 3.97. The first-order chi connectivity index (χ1) is 9.01. The molecule has 0 saturated carbocycles. The monoisotopic (exact) mass is 324 g/mol. The van der Waals surface area contributed by atoms with Crippen LogP contribution in [-0.4, -0.2) is 25.2 Å². The van der Waals surface area contributed by atoms with Gasteiger partial charge in [0.15, 0.2) is 0 Å². The maximum atomic E-state index is 3.68. The molecule has 0 aliphatic carbocycles. The number of halogens is 1. The van der Waals surface area contributed by atoms with Crippen molar-refractivity contribution in [3.63, 3.8) is 0 Å². The summed E-state index contributed by atoms with van der Waals surface area (Å²) < 4.78 is 1.18. The maximum Gasteiger partial charge on any atom is 0.0438 e. The van der Waals surface area contributed by atoms with Crippen LogP contribution in [0, 0.1) is 12.8 Å². The van der Waals surface area contributed by atoms with Crippen molar-refractivity contribution in [2.75, 3.05) is 18.0 Å². The first-order valence-electron chi connectivity index (χ1n) is 7.28. The van der Waals surface area contributed by atoms with E-state index in [1.165, 1.54) is 22.1 Å².